The highest BCUT2D eigenvalue weighted by atomic mass is 16.7. The van der Waals surface area contributed by atoms with Crippen LogP contribution < -0.4 is 14.7 Å². The van der Waals surface area contributed by atoms with Crippen LogP contribution in [0.5, 0.6) is 5.75 Å². The lowest BCUT2D eigenvalue weighted by Gasteiger charge is -2.29. The molecule has 3 aromatic carbocycles. The number of amides is 2. The van der Waals surface area contributed by atoms with E-state index in [2.05, 4.69) is 0 Å². The Morgan fingerprint density at radius 2 is 1.67 bits per heavy atom. The predicted octanol–water partition coefficient (Wildman–Crippen LogP) is 3.65. The number of carbonyl (C=O) groups excluding carboxylic acids is 2. The van der Waals surface area contributed by atoms with E-state index in [0.29, 0.717) is 22.7 Å². The Balaban J connectivity index is 1.62. The number of ether oxygens (including phenoxy) is 1. The number of nitro benzene ring substituents is 1. The van der Waals surface area contributed by atoms with Crippen LogP contribution in [0.1, 0.15) is 11.6 Å². The molecule has 2 saturated heterocycles. The molecule has 2 amide bonds. The molecule has 0 bridgehead atoms. The van der Waals surface area contributed by atoms with Gasteiger partial charge in [-0.25, -0.2) is 9.96 Å². The van der Waals surface area contributed by atoms with Gasteiger partial charge in [0.2, 0.25) is 5.91 Å². The van der Waals surface area contributed by atoms with E-state index < -0.39 is 34.8 Å². The summed E-state index contributed by atoms with van der Waals surface area (Å²) in [6.07, 6.45) is -1.08. The Bertz CT molecular complexity index is 1250. The van der Waals surface area contributed by atoms with Crippen LogP contribution in [0.2, 0.25) is 0 Å². The van der Waals surface area contributed by atoms with E-state index in [4.69, 9.17) is 9.57 Å². The zero-order valence-electron chi connectivity index (χ0n) is 17.5. The highest BCUT2D eigenvalue weighted by Gasteiger charge is 2.60. The second kappa shape index (κ2) is 8.03. The van der Waals surface area contributed by atoms with Crippen molar-refractivity contribution in [3.05, 3.63) is 94.5 Å². The SMILES string of the molecule is COc1ccccc1N1C(=O)[C@H]2[C@@H](c3cccc([N+](=O)[O-])c3)N(c3ccccc3)O[C@H]2C1=O. The second-order valence-electron chi connectivity index (χ2n) is 7.69. The number of imide groups is 1. The number of nitro groups is 1. The number of para-hydroxylation sites is 3. The molecule has 5 rings (SSSR count). The standard InChI is InChI=1S/C24H19N3O6/c1-32-19-13-6-5-12-18(19)25-23(28)20-21(15-8-7-11-17(14-15)27(30)31)26(33-22(20)24(25)29)16-9-3-2-4-10-16/h2-14,20-22H,1H3/t20-,21+,22+/m0/s1. The summed E-state index contributed by atoms with van der Waals surface area (Å²) in [5.41, 5.74) is 1.36. The maximum Gasteiger partial charge on any atom is 0.269 e. The first-order chi connectivity index (χ1) is 16.0. The van der Waals surface area contributed by atoms with Gasteiger partial charge in [-0.3, -0.25) is 24.5 Å². The molecule has 2 aliphatic rings. The van der Waals surface area contributed by atoms with Gasteiger partial charge in [0.15, 0.2) is 6.10 Å². The van der Waals surface area contributed by atoms with Gasteiger partial charge in [0.1, 0.15) is 11.7 Å². The van der Waals surface area contributed by atoms with Gasteiger partial charge in [-0.2, -0.15) is 0 Å². The minimum Gasteiger partial charge on any atom is -0.495 e. The summed E-state index contributed by atoms with van der Waals surface area (Å²) in [6, 6.07) is 21.1. The van der Waals surface area contributed by atoms with E-state index in [9.17, 15) is 19.7 Å². The molecule has 2 heterocycles. The van der Waals surface area contributed by atoms with Crippen LogP contribution in [0, 0.1) is 16.0 Å². The van der Waals surface area contributed by atoms with Crippen molar-refractivity contribution in [2.45, 2.75) is 12.1 Å². The summed E-state index contributed by atoms with van der Waals surface area (Å²) in [6.45, 7) is 0. The molecule has 2 aliphatic heterocycles. The number of nitrogens with zero attached hydrogens (tertiary/aromatic N) is 3. The average Bonchev–Trinajstić information content (AvgIpc) is 3.35. The van der Waals surface area contributed by atoms with E-state index >= 15 is 0 Å². The van der Waals surface area contributed by atoms with Gasteiger partial charge < -0.3 is 4.74 Å². The number of non-ortho nitro benzene ring substituents is 1. The van der Waals surface area contributed by atoms with Crippen molar-refractivity contribution in [1.82, 2.24) is 0 Å². The fourth-order valence-corrected chi connectivity index (χ4v) is 4.43. The smallest absolute Gasteiger partial charge is 0.269 e. The van der Waals surface area contributed by atoms with Gasteiger partial charge in [-0.15, -0.1) is 0 Å². The Morgan fingerprint density at radius 3 is 2.39 bits per heavy atom. The summed E-state index contributed by atoms with van der Waals surface area (Å²) < 4.78 is 5.35. The van der Waals surface area contributed by atoms with Gasteiger partial charge in [-0.05, 0) is 29.8 Å². The Hall–Kier alpha value is -4.24. The molecule has 0 aromatic heterocycles. The first-order valence-corrected chi connectivity index (χ1v) is 10.3. The molecule has 0 aliphatic carbocycles. The number of anilines is 2. The third kappa shape index (κ3) is 3.30. The van der Waals surface area contributed by atoms with Crippen LogP contribution in [0.15, 0.2) is 78.9 Å². The van der Waals surface area contributed by atoms with Crippen LogP contribution in [0.4, 0.5) is 17.1 Å². The molecule has 3 aromatic rings. The van der Waals surface area contributed by atoms with Gasteiger partial charge >= 0.3 is 0 Å². The zero-order chi connectivity index (χ0) is 23.1. The quantitative estimate of drug-likeness (QED) is 0.336. The monoisotopic (exact) mass is 445 g/mol. The van der Waals surface area contributed by atoms with Gasteiger partial charge in [0, 0.05) is 12.1 Å². The molecule has 2 fully saturated rings. The molecular weight excluding hydrogens is 426 g/mol. The summed E-state index contributed by atoms with van der Waals surface area (Å²) in [7, 11) is 1.46. The summed E-state index contributed by atoms with van der Waals surface area (Å²) in [5, 5.41) is 12.9. The van der Waals surface area contributed by atoms with Crippen molar-refractivity contribution in [3.63, 3.8) is 0 Å². The first kappa shape index (κ1) is 20.7. The Kier molecular flexibility index (Phi) is 5.02. The second-order valence-corrected chi connectivity index (χ2v) is 7.69. The number of hydrogen-bond acceptors (Lipinski definition) is 7. The highest BCUT2D eigenvalue weighted by Crippen LogP contribution is 2.48. The topological polar surface area (TPSA) is 102 Å². The number of hydroxylamine groups is 1. The highest BCUT2D eigenvalue weighted by molar-refractivity contribution is 6.24. The minimum absolute atomic E-state index is 0.109. The predicted molar refractivity (Wildman–Crippen MR) is 119 cm³/mol. The number of fused-ring (bicyclic) bond motifs is 1. The van der Waals surface area contributed by atoms with E-state index in [-0.39, 0.29) is 5.69 Å². The molecule has 3 atom stereocenters. The van der Waals surface area contributed by atoms with Crippen LogP contribution in [-0.2, 0) is 14.4 Å². The molecule has 0 unspecified atom stereocenters. The lowest BCUT2D eigenvalue weighted by molar-refractivity contribution is -0.384. The molecule has 33 heavy (non-hydrogen) atoms. The number of carbonyl (C=O) groups is 2. The fourth-order valence-electron chi connectivity index (χ4n) is 4.43. The molecule has 166 valence electrons. The van der Waals surface area contributed by atoms with E-state index in [1.807, 2.05) is 18.2 Å². The van der Waals surface area contributed by atoms with Crippen molar-refractivity contribution < 1.29 is 24.1 Å². The van der Waals surface area contributed by atoms with Gasteiger partial charge in [0.25, 0.3) is 11.6 Å². The van der Waals surface area contributed by atoms with Crippen molar-refractivity contribution in [3.8, 4) is 5.75 Å². The largest absolute Gasteiger partial charge is 0.495 e. The first-order valence-electron chi connectivity index (χ1n) is 10.3. The van der Waals surface area contributed by atoms with Crippen molar-refractivity contribution in [2.24, 2.45) is 5.92 Å². The molecule has 9 heteroatoms. The van der Waals surface area contributed by atoms with Crippen LogP contribution in [-0.4, -0.2) is 30.0 Å². The zero-order valence-corrected chi connectivity index (χ0v) is 17.5. The van der Waals surface area contributed by atoms with Crippen molar-refractivity contribution >= 4 is 28.9 Å². The molecule has 0 saturated carbocycles. The van der Waals surface area contributed by atoms with Crippen molar-refractivity contribution in [2.75, 3.05) is 17.1 Å². The van der Waals surface area contributed by atoms with Gasteiger partial charge in [0.05, 0.1) is 29.4 Å². The Morgan fingerprint density at radius 1 is 0.939 bits per heavy atom. The molecule has 0 N–H and O–H groups in total. The number of methoxy groups -OCH3 is 1. The van der Waals surface area contributed by atoms with Crippen molar-refractivity contribution in [1.29, 1.82) is 0 Å². The third-order valence-electron chi connectivity index (χ3n) is 5.87. The summed E-state index contributed by atoms with van der Waals surface area (Å²) in [4.78, 5) is 45.1. The van der Waals surface area contributed by atoms with E-state index in [1.54, 1.807) is 48.5 Å². The summed E-state index contributed by atoms with van der Waals surface area (Å²) >= 11 is 0. The van der Waals surface area contributed by atoms with Crippen LogP contribution >= 0.6 is 0 Å². The normalized spacial score (nSPS) is 21.9. The maximum absolute atomic E-state index is 13.7. The fraction of sp³-hybridized carbons (Fsp3) is 0.167. The average molecular weight is 445 g/mol. The van der Waals surface area contributed by atoms with Gasteiger partial charge in [-0.1, -0.05) is 42.5 Å². The molecular formula is C24H19N3O6. The number of rotatable bonds is 5. The number of benzene rings is 3. The maximum atomic E-state index is 13.7. The lowest BCUT2D eigenvalue weighted by atomic mass is 9.90. The number of hydrogen-bond donors (Lipinski definition) is 0. The third-order valence-corrected chi connectivity index (χ3v) is 5.87. The minimum atomic E-state index is -1.08. The lowest BCUT2D eigenvalue weighted by Crippen LogP contribution is -2.37. The van der Waals surface area contributed by atoms with Crippen LogP contribution in [0.3, 0.4) is 0 Å². The Labute approximate surface area is 188 Å². The van der Waals surface area contributed by atoms with E-state index in [1.165, 1.54) is 24.3 Å². The summed E-state index contributed by atoms with van der Waals surface area (Å²) in [5.74, 6) is -1.48. The van der Waals surface area contributed by atoms with E-state index in [0.717, 1.165) is 4.90 Å². The molecule has 0 radical (unpaired) electrons. The molecule has 9 nitrogen and oxygen atoms in total. The molecule has 0 spiro atoms. The van der Waals surface area contributed by atoms with Crippen LogP contribution in [0.25, 0.3) is 0 Å².